The SMILES string of the molecule is C[C@@H]1CN(Cc2nc(-c3cccc4[nH]ccc34)no2)C[C@H](C)O1.O=C(O)C(F)(F)F. The second-order valence-electron chi connectivity index (χ2n) is 7.01. The summed E-state index contributed by atoms with van der Waals surface area (Å²) in [5.41, 5.74) is 2.06. The zero-order chi connectivity index (χ0) is 21.9. The molecule has 8 nitrogen and oxygen atoms in total. The smallest absolute Gasteiger partial charge is 0.475 e. The summed E-state index contributed by atoms with van der Waals surface area (Å²) in [6, 6.07) is 8.08. The fraction of sp³-hybridized carbons (Fsp3) is 0.421. The number of morpholine rings is 1. The van der Waals surface area contributed by atoms with Crippen molar-refractivity contribution in [2.45, 2.75) is 38.8 Å². The van der Waals surface area contributed by atoms with E-state index in [4.69, 9.17) is 19.2 Å². The Labute approximate surface area is 169 Å². The van der Waals surface area contributed by atoms with E-state index >= 15 is 0 Å². The first kappa shape index (κ1) is 21.8. The molecule has 2 atom stereocenters. The van der Waals surface area contributed by atoms with Crippen LogP contribution in [0.1, 0.15) is 19.7 Å². The van der Waals surface area contributed by atoms with Gasteiger partial charge in [0.1, 0.15) is 0 Å². The number of aromatic nitrogens is 3. The van der Waals surface area contributed by atoms with Gasteiger partial charge in [-0.15, -0.1) is 0 Å². The first-order chi connectivity index (χ1) is 14.1. The van der Waals surface area contributed by atoms with Gasteiger partial charge in [0.15, 0.2) is 0 Å². The number of nitrogens with one attached hydrogen (secondary N) is 1. The number of carboxylic acids is 1. The molecule has 11 heteroatoms. The first-order valence-electron chi connectivity index (χ1n) is 9.20. The Morgan fingerprint density at radius 2 is 1.93 bits per heavy atom. The van der Waals surface area contributed by atoms with Gasteiger partial charge in [-0.1, -0.05) is 17.3 Å². The molecule has 3 aromatic rings. The van der Waals surface area contributed by atoms with Gasteiger partial charge >= 0.3 is 12.1 Å². The van der Waals surface area contributed by atoms with E-state index in [0.717, 1.165) is 29.6 Å². The van der Waals surface area contributed by atoms with Gasteiger partial charge in [-0.05, 0) is 26.0 Å². The second-order valence-corrected chi connectivity index (χ2v) is 7.01. The van der Waals surface area contributed by atoms with Crippen molar-refractivity contribution in [1.29, 1.82) is 0 Å². The van der Waals surface area contributed by atoms with Gasteiger partial charge in [0.25, 0.3) is 0 Å². The molecule has 0 amide bonds. The van der Waals surface area contributed by atoms with Crippen molar-refractivity contribution in [1.82, 2.24) is 20.0 Å². The molecular weight excluding hydrogens is 405 g/mol. The Hall–Kier alpha value is -2.92. The summed E-state index contributed by atoms with van der Waals surface area (Å²) in [5, 5.41) is 12.4. The number of nitrogens with zero attached hydrogens (tertiary/aromatic N) is 3. The zero-order valence-corrected chi connectivity index (χ0v) is 16.3. The van der Waals surface area contributed by atoms with Crippen molar-refractivity contribution in [3.05, 3.63) is 36.4 Å². The summed E-state index contributed by atoms with van der Waals surface area (Å²) in [7, 11) is 0. The number of aromatic amines is 1. The molecule has 162 valence electrons. The average Bonchev–Trinajstić information content (AvgIpc) is 3.29. The largest absolute Gasteiger partial charge is 0.490 e. The van der Waals surface area contributed by atoms with Crippen molar-refractivity contribution in [2.24, 2.45) is 0 Å². The number of hydrogen-bond donors (Lipinski definition) is 2. The van der Waals surface area contributed by atoms with Crippen molar-refractivity contribution >= 4 is 16.9 Å². The topological polar surface area (TPSA) is 104 Å². The van der Waals surface area contributed by atoms with Crippen LogP contribution in [0, 0.1) is 0 Å². The maximum atomic E-state index is 10.6. The number of carbonyl (C=O) groups is 1. The van der Waals surface area contributed by atoms with Crippen LogP contribution in [0.4, 0.5) is 13.2 Å². The number of H-pyrrole nitrogens is 1. The van der Waals surface area contributed by atoms with Gasteiger partial charge in [-0.25, -0.2) is 4.79 Å². The highest BCUT2D eigenvalue weighted by molar-refractivity contribution is 5.93. The third kappa shape index (κ3) is 5.36. The van der Waals surface area contributed by atoms with Gasteiger partial charge in [0, 0.05) is 35.8 Å². The van der Waals surface area contributed by atoms with Crippen molar-refractivity contribution in [3.8, 4) is 11.4 Å². The maximum Gasteiger partial charge on any atom is 0.490 e. The highest BCUT2D eigenvalue weighted by atomic mass is 19.4. The lowest BCUT2D eigenvalue weighted by Gasteiger charge is -2.34. The molecule has 1 aliphatic rings. The predicted octanol–water partition coefficient (Wildman–Crippen LogP) is 3.46. The van der Waals surface area contributed by atoms with Crippen LogP contribution in [0.25, 0.3) is 22.3 Å². The lowest BCUT2D eigenvalue weighted by molar-refractivity contribution is -0.192. The van der Waals surface area contributed by atoms with Crippen LogP contribution in [0.5, 0.6) is 0 Å². The predicted molar refractivity (Wildman–Crippen MR) is 101 cm³/mol. The molecule has 1 saturated heterocycles. The third-order valence-corrected chi connectivity index (χ3v) is 4.40. The highest BCUT2D eigenvalue weighted by Crippen LogP contribution is 2.26. The van der Waals surface area contributed by atoms with Crippen LogP contribution in [0.2, 0.25) is 0 Å². The lowest BCUT2D eigenvalue weighted by atomic mass is 10.1. The minimum Gasteiger partial charge on any atom is -0.475 e. The van der Waals surface area contributed by atoms with E-state index in [1.165, 1.54) is 0 Å². The number of aliphatic carboxylic acids is 1. The average molecular weight is 426 g/mol. The van der Waals surface area contributed by atoms with Gasteiger partial charge in [0.2, 0.25) is 11.7 Å². The summed E-state index contributed by atoms with van der Waals surface area (Å²) in [4.78, 5) is 19.0. The van der Waals surface area contributed by atoms with E-state index in [-0.39, 0.29) is 12.2 Å². The van der Waals surface area contributed by atoms with E-state index in [1.807, 2.05) is 30.5 Å². The number of ether oxygens (including phenoxy) is 1. The Balaban J connectivity index is 0.000000318. The van der Waals surface area contributed by atoms with Gasteiger partial charge < -0.3 is 19.4 Å². The highest BCUT2D eigenvalue weighted by Gasteiger charge is 2.38. The Morgan fingerprint density at radius 1 is 1.27 bits per heavy atom. The molecule has 0 spiro atoms. The first-order valence-corrected chi connectivity index (χ1v) is 9.20. The summed E-state index contributed by atoms with van der Waals surface area (Å²) >= 11 is 0. The third-order valence-electron chi connectivity index (χ3n) is 4.40. The maximum absolute atomic E-state index is 10.6. The molecule has 1 aromatic carbocycles. The number of fused-ring (bicyclic) bond motifs is 1. The fourth-order valence-corrected chi connectivity index (χ4v) is 3.31. The number of benzene rings is 1. The van der Waals surface area contributed by atoms with Gasteiger partial charge in [-0.3, -0.25) is 4.90 Å². The molecule has 1 aliphatic heterocycles. The minimum absolute atomic E-state index is 0.231. The quantitative estimate of drug-likeness (QED) is 0.661. The summed E-state index contributed by atoms with van der Waals surface area (Å²) < 4.78 is 43.0. The molecule has 2 N–H and O–H groups in total. The van der Waals surface area contributed by atoms with Crippen LogP contribution in [0.3, 0.4) is 0 Å². The minimum atomic E-state index is -5.08. The molecule has 2 aromatic heterocycles. The van der Waals surface area contributed by atoms with Gasteiger partial charge in [0.05, 0.1) is 18.8 Å². The Bertz CT molecular complexity index is 991. The van der Waals surface area contributed by atoms with Crippen molar-refractivity contribution in [3.63, 3.8) is 0 Å². The zero-order valence-electron chi connectivity index (χ0n) is 16.3. The fourth-order valence-electron chi connectivity index (χ4n) is 3.31. The molecule has 0 bridgehead atoms. The molecule has 3 heterocycles. The van der Waals surface area contributed by atoms with Crippen LogP contribution in [-0.2, 0) is 16.1 Å². The number of carboxylic acid groups (broad SMARTS) is 1. The Morgan fingerprint density at radius 3 is 2.57 bits per heavy atom. The summed E-state index contributed by atoms with van der Waals surface area (Å²) in [6.45, 7) is 6.61. The van der Waals surface area contributed by atoms with Crippen LogP contribution in [-0.4, -0.2) is 62.6 Å². The van der Waals surface area contributed by atoms with Crippen LogP contribution >= 0.6 is 0 Å². The van der Waals surface area contributed by atoms with E-state index in [0.29, 0.717) is 18.3 Å². The van der Waals surface area contributed by atoms with E-state index < -0.39 is 12.1 Å². The summed E-state index contributed by atoms with van der Waals surface area (Å²) in [5.74, 6) is -1.47. The van der Waals surface area contributed by atoms with Crippen molar-refractivity contribution < 1.29 is 32.3 Å². The van der Waals surface area contributed by atoms with E-state index in [9.17, 15) is 13.2 Å². The summed E-state index contributed by atoms with van der Waals surface area (Å²) in [6.07, 6.45) is -2.70. The molecule has 0 aliphatic carbocycles. The molecule has 1 fully saturated rings. The van der Waals surface area contributed by atoms with Crippen molar-refractivity contribution in [2.75, 3.05) is 13.1 Å². The van der Waals surface area contributed by atoms with Crippen LogP contribution < -0.4 is 0 Å². The molecule has 0 saturated carbocycles. The number of rotatable bonds is 3. The standard InChI is InChI=1S/C17H20N4O2.C2HF3O2/c1-11-8-21(9-12(2)22-11)10-16-19-17(20-23-16)14-4-3-5-15-13(14)6-7-18-15;3-2(4,5)1(6)7/h3-7,11-12,18H,8-10H2,1-2H3;(H,6,7)/t11-,12+;. The molecular formula is C19H21F3N4O4. The van der Waals surface area contributed by atoms with E-state index in [1.54, 1.807) is 0 Å². The molecule has 0 radical (unpaired) electrons. The molecule has 30 heavy (non-hydrogen) atoms. The molecule has 0 unspecified atom stereocenters. The molecule has 4 rings (SSSR count). The normalized spacial score (nSPS) is 20.0. The number of halogens is 3. The van der Waals surface area contributed by atoms with E-state index in [2.05, 4.69) is 33.9 Å². The van der Waals surface area contributed by atoms with Gasteiger partial charge in [-0.2, -0.15) is 18.2 Å². The Kier molecular flexibility index (Phi) is 6.42. The monoisotopic (exact) mass is 426 g/mol. The number of alkyl halides is 3. The second kappa shape index (κ2) is 8.84. The number of hydrogen-bond acceptors (Lipinski definition) is 6. The lowest BCUT2D eigenvalue weighted by Crippen LogP contribution is -2.44. The van der Waals surface area contributed by atoms with Crippen LogP contribution in [0.15, 0.2) is 35.0 Å².